The lowest BCUT2D eigenvalue weighted by atomic mass is 10.1. The number of benzene rings is 1. The van der Waals surface area contributed by atoms with Crippen molar-refractivity contribution in [2.45, 2.75) is 6.54 Å². The zero-order chi connectivity index (χ0) is 16.8. The number of amides is 1. The number of hydrogen-bond donors (Lipinski definition) is 0. The van der Waals surface area contributed by atoms with Gasteiger partial charge in [-0.25, -0.2) is 9.97 Å². The van der Waals surface area contributed by atoms with E-state index in [0.29, 0.717) is 22.0 Å². The number of carbonyl (C=O) groups is 2. The number of aromatic nitrogens is 4. The van der Waals surface area contributed by atoms with Crippen LogP contribution in [0.3, 0.4) is 0 Å². The van der Waals surface area contributed by atoms with Crippen LogP contribution in [0.4, 0.5) is 0 Å². The second-order valence-electron chi connectivity index (χ2n) is 5.51. The lowest BCUT2D eigenvalue weighted by Gasteiger charge is -2.14. The Morgan fingerprint density at radius 1 is 1.29 bits per heavy atom. The highest BCUT2D eigenvalue weighted by atomic mass is 35.5. The number of imidazole rings is 2. The predicted octanol–water partition coefficient (Wildman–Crippen LogP) is 2.00. The number of hydrogen-bond acceptors (Lipinski definition) is 4. The van der Waals surface area contributed by atoms with Gasteiger partial charge in [0.2, 0.25) is 0 Å². The van der Waals surface area contributed by atoms with Crippen molar-refractivity contribution in [3.05, 3.63) is 65.2 Å². The van der Waals surface area contributed by atoms with Gasteiger partial charge in [-0.2, -0.15) is 0 Å². The fraction of sp³-hybridized carbons (Fsp3) is 0.125. The highest BCUT2D eigenvalue weighted by Gasteiger charge is 2.28. The molecule has 0 bridgehead atoms. The van der Waals surface area contributed by atoms with E-state index in [-0.39, 0.29) is 24.1 Å². The van der Waals surface area contributed by atoms with Crippen LogP contribution in [0.2, 0.25) is 5.02 Å². The van der Waals surface area contributed by atoms with Gasteiger partial charge in [-0.1, -0.05) is 11.6 Å². The summed E-state index contributed by atoms with van der Waals surface area (Å²) >= 11 is 6.03. The van der Waals surface area contributed by atoms with Crippen molar-refractivity contribution < 1.29 is 9.59 Å². The molecule has 24 heavy (non-hydrogen) atoms. The third-order valence-electron chi connectivity index (χ3n) is 3.99. The molecule has 2 aromatic heterocycles. The van der Waals surface area contributed by atoms with Crippen molar-refractivity contribution in [1.82, 2.24) is 24.0 Å². The maximum Gasteiger partial charge on any atom is 0.283 e. The fourth-order valence-corrected chi connectivity index (χ4v) is 2.98. The summed E-state index contributed by atoms with van der Waals surface area (Å²) < 4.78 is 3.12. The van der Waals surface area contributed by atoms with E-state index in [0.717, 1.165) is 0 Å². The average molecular weight is 342 g/mol. The summed E-state index contributed by atoms with van der Waals surface area (Å²) in [6.07, 6.45) is 6.07. The molecule has 8 heteroatoms. The summed E-state index contributed by atoms with van der Waals surface area (Å²) in [7, 11) is 1.68. The third kappa shape index (κ3) is 2.13. The second kappa shape index (κ2) is 5.31. The molecule has 0 saturated heterocycles. The zero-order valence-electron chi connectivity index (χ0n) is 12.7. The van der Waals surface area contributed by atoms with Crippen LogP contribution >= 0.6 is 11.6 Å². The zero-order valence-corrected chi connectivity index (χ0v) is 13.4. The van der Waals surface area contributed by atoms with Crippen LogP contribution < -0.4 is 0 Å². The molecule has 1 aromatic carbocycles. The minimum atomic E-state index is -0.292. The molecule has 0 N–H and O–H groups in total. The molecule has 0 aliphatic carbocycles. The van der Waals surface area contributed by atoms with E-state index >= 15 is 0 Å². The summed E-state index contributed by atoms with van der Waals surface area (Å²) in [5.41, 5.74) is 2.06. The summed E-state index contributed by atoms with van der Waals surface area (Å²) in [5.74, 6) is -0.447. The van der Waals surface area contributed by atoms with Gasteiger partial charge < -0.3 is 4.90 Å². The summed E-state index contributed by atoms with van der Waals surface area (Å²) in [6.45, 7) is 0.265. The first-order chi connectivity index (χ1) is 11.6. The van der Waals surface area contributed by atoms with Crippen LogP contribution in [-0.4, -0.2) is 42.9 Å². The average Bonchev–Trinajstić information content (AvgIpc) is 3.21. The molecule has 0 spiro atoms. The van der Waals surface area contributed by atoms with Gasteiger partial charge in [-0.15, -0.1) is 0 Å². The summed E-state index contributed by atoms with van der Waals surface area (Å²) in [6, 6.07) is 5.09. The molecule has 0 radical (unpaired) electrons. The minimum absolute atomic E-state index is 0.155. The van der Waals surface area contributed by atoms with Crippen LogP contribution in [0.25, 0.3) is 5.69 Å². The normalized spacial score (nSPS) is 13.4. The van der Waals surface area contributed by atoms with Gasteiger partial charge in [0, 0.05) is 24.5 Å². The first-order valence-corrected chi connectivity index (χ1v) is 7.58. The molecule has 0 atom stereocenters. The summed E-state index contributed by atoms with van der Waals surface area (Å²) in [4.78, 5) is 34.9. The quantitative estimate of drug-likeness (QED) is 0.678. The van der Waals surface area contributed by atoms with E-state index < -0.39 is 0 Å². The van der Waals surface area contributed by atoms with Crippen molar-refractivity contribution in [2.75, 3.05) is 7.05 Å². The van der Waals surface area contributed by atoms with E-state index in [2.05, 4.69) is 9.97 Å². The molecule has 3 heterocycles. The molecule has 3 aromatic rings. The highest BCUT2D eigenvalue weighted by molar-refractivity contribution is 6.31. The molecule has 0 saturated carbocycles. The Hall–Kier alpha value is -2.93. The molecule has 1 amide bonds. The first kappa shape index (κ1) is 14.6. The standard InChI is InChI=1S/C16H12ClN5O2/c1-20-7-13-14(16(24)21-5-4-18-8-21)19-9-22(13)12-3-2-10(17)6-11(12)15(20)23/h2-6,8-9H,7H2,1H3. The highest BCUT2D eigenvalue weighted by Crippen LogP contribution is 2.28. The van der Waals surface area contributed by atoms with Crippen molar-refractivity contribution in [3.63, 3.8) is 0 Å². The Kier molecular flexibility index (Phi) is 3.24. The summed E-state index contributed by atoms with van der Waals surface area (Å²) in [5, 5.41) is 0.480. The van der Waals surface area contributed by atoms with Gasteiger partial charge in [-0.3, -0.25) is 18.7 Å². The van der Waals surface area contributed by atoms with Crippen LogP contribution in [0.5, 0.6) is 0 Å². The second-order valence-corrected chi connectivity index (χ2v) is 5.94. The van der Waals surface area contributed by atoms with Gasteiger partial charge in [0.25, 0.3) is 11.8 Å². The molecular formula is C16H12ClN5O2. The molecule has 1 aliphatic rings. The lowest BCUT2D eigenvalue weighted by Crippen LogP contribution is -2.26. The molecular weight excluding hydrogens is 330 g/mol. The predicted molar refractivity (Wildman–Crippen MR) is 86.3 cm³/mol. The van der Waals surface area contributed by atoms with Crippen molar-refractivity contribution in [1.29, 1.82) is 0 Å². The van der Waals surface area contributed by atoms with Crippen LogP contribution in [0, 0.1) is 0 Å². The molecule has 120 valence electrons. The van der Waals surface area contributed by atoms with E-state index in [1.807, 2.05) is 0 Å². The monoisotopic (exact) mass is 341 g/mol. The van der Waals surface area contributed by atoms with Crippen LogP contribution in [0.15, 0.2) is 43.2 Å². The molecule has 7 nitrogen and oxygen atoms in total. The van der Waals surface area contributed by atoms with Crippen molar-refractivity contribution in [3.8, 4) is 5.69 Å². The maximum absolute atomic E-state index is 12.6. The number of halogens is 1. The Bertz CT molecular complexity index is 961. The van der Waals surface area contributed by atoms with Gasteiger partial charge in [0.15, 0.2) is 5.69 Å². The minimum Gasteiger partial charge on any atom is -0.336 e. The van der Waals surface area contributed by atoms with Gasteiger partial charge in [-0.05, 0) is 18.2 Å². The van der Waals surface area contributed by atoms with E-state index in [9.17, 15) is 9.59 Å². The van der Waals surface area contributed by atoms with Gasteiger partial charge in [0.05, 0.1) is 23.5 Å². The van der Waals surface area contributed by atoms with E-state index in [1.54, 1.807) is 47.2 Å². The van der Waals surface area contributed by atoms with Gasteiger partial charge >= 0.3 is 0 Å². The van der Waals surface area contributed by atoms with Crippen molar-refractivity contribution >= 4 is 23.4 Å². The Labute approximate surface area is 142 Å². The van der Waals surface area contributed by atoms with E-state index in [4.69, 9.17) is 11.6 Å². The smallest absolute Gasteiger partial charge is 0.283 e. The third-order valence-corrected chi connectivity index (χ3v) is 4.23. The first-order valence-electron chi connectivity index (χ1n) is 7.20. The Morgan fingerprint density at radius 3 is 2.88 bits per heavy atom. The largest absolute Gasteiger partial charge is 0.336 e. The van der Waals surface area contributed by atoms with Crippen LogP contribution in [0.1, 0.15) is 26.5 Å². The van der Waals surface area contributed by atoms with Crippen molar-refractivity contribution in [2.24, 2.45) is 0 Å². The molecule has 4 rings (SSSR count). The topological polar surface area (TPSA) is 73.0 Å². The van der Waals surface area contributed by atoms with Gasteiger partial charge in [0.1, 0.15) is 12.7 Å². The number of nitrogens with zero attached hydrogens (tertiary/aromatic N) is 5. The SMILES string of the molecule is CN1Cc2c(C(=O)n3ccnc3)ncn2-c2ccc(Cl)cc2C1=O. The van der Waals surface area contributed by atoms with E-state index in [1.165, 1.54) is 17.1 Å². The number of fused-ring (bicyclic) bond motifs is 3. The maximum atomic E-state index is 12.6. The number of carbonyl (C=O) groups excluding carboxylic acids is 2. The lowest BCUT2D eigenvalue weighted by molar-refractivity contribution is 0.0785. The van der Waals surface area contributed by atoms with Crippen LogP contribution in [-0.2, 0) is 6.54 Å². The molecule has 1 aliphatic heterocycles. The Balaban J connectivity index is 1.91. The molecule has 0 unspecified atom stereocenters. The molecule has 0 fully saturated rings. The fourth-order valence-electron chi connectivity index (χ4n) is 2.80. The number of rotatable bonds is 1. The Morgan fingerprint density at radius 2 is 2.12 bits per heavy atom.